The van der Waals surface area contributed by atoms with Crippen molar-refractivity contribution in [1.29, 1.82) is 0 Å². The van der Waals surface area contributed by atoms with Gasteiger partial charge in [-0.3, -0.25) is 4.79 Å². The first-order valence-electron chi connectivity index (χ1n) is 2.69. The molecule has 0 aromatic carbocycles. The van der Waals surface area contributed by atoms with E-state index in [1.165, 1.54) is 11.3 Å². The summed E-state index contributed by atoms with van der Waals surface area (Å²) in [6.45, 7) is 0. The van der Waals surface area contributed by atoms with Crippen molar-refractivity contribution in [3.05, 3.63) is 22.4 Å². The fourth-order valence-corrected chi connectivity index (χ4v) is 1.54. The van der Waals surface area contributed by atoms with Crippen molar-refractivity contribution in [2.75, 3.05) is 0 Å². The van der Waals surface area contributed by atoms with Crippen LogP contribution in [0.3, 0.4) is 0 Å². The summed E-state index contributed by atoms with van der Waals surface area (Å²) >= 11 is 4.33. The first-order chi connectivity index (χ1) is 4.72. The normalized spacial score (nSPS) is 13.0. The molecule has 10 heavy (non-hydrogen) atoms. The Balaban J connectivity index is 2.77. The summed E-state index contributed by atoms with van der Waals surface area (Å²) in [6, 6.07) is 1.33. The molecule has 0 amide bonds. The van der Waals surface area contributed by atoms with Crippen LogP contribution in [0.1, 0.15) is 11.6 Å². The van der Waals surface area contributed by atoms with Gasteiger partial charge in [-0.05, 0) is 38.3 Å². The number of thiophene rings is 1. The second-order valence-corrected chi connectivity index (χ2v) is 3.40. The van der Waals surface area contributed by atoms with Crippen molar-refractivity contribution < 1.29 is 4.79 Å². The first-order valence-corrected chi connectivity index (χ1v) is 4.42. The fraction of sp³-hybridized carbons (Fsp3) is 0.167. The van der Waals surface area contributed by atoms with E-state index in [9.17, 15) is 4.79 Å². The quantitative estimate of drug-likeness (QED) is 0.770. The van der Waals surface area contributed by atoms with Gasteiger partial charge in [0, 0.05) is 0 Å². The smallest absolute Gasteiger partial charge is 0.218 e. The van der Waals surface area contributed by atoms with Crippen LogP contribution in [0.2, 0.25) is 0 Å². The molecule has 1 unspecified atom stereocenters. The summed E-state index contributed by atoms with van der Waals surface area (Å²) in [7, 11) is 0. The van der Waals surface area contributed by atoms with Crippen LogP contribution in [-0.4, -0.2) is 4.69 Å². The Bertz CT molecular complexity index is 222. The van der Waals surface area contributed by atoms with Gasteiger partial charge in [-0.2, -0.15) is 11.3 Å². The molecule has 1 atom stereocenters. The molecule has 0 spiro atoms. The highest BCUT2D eigenvalue weighted by molar-refractivity contribution is 9.18. The lowest BCUT2D eigenvalue weighted by Gasteiger charge is -2.00. The molecule has 0 saturated carbocycles. The van der Waals surface area contributed by atoms with Crippen molar-refractivity contribution in [2.45, 2.75) is 6.04 Å². The summed E-state index contributed by atoms with van der Waals surface area (Å²) in [5.74, 6) is 0. The van der Waals surface area contributed by atoms with Crippen LogP contribution >= 0.6 is 27.3 Å². The van der Waals surface area contributed by atoms with Gasteiger partial charge < -0.3 is 5.73 Å². The van der Waals surface area contributed by atoms with Crippen molar-refractivity contribution in [1.82, 2.24) is 0 Å². The molecule has 0 bridgehead atoms. The zero-order valence-corrected chi connectivity index (χ0v) is 7.48. The number of carbonyl (C=O) groups is 1. The molecule has 0 radical (unpaired) electrons. The van der Waals surface area contributed by atoms with Gasteiger partial charge in [-0.15, -0.1) is 0 Å². The minimum Gasteiger partial charge on any atom is -0.317 e. The maximum atomic E-state index is 10.6. The predicted octanol–water partition coefficient (Wildman–Crippen LogP) is 1.67. The van der Waals surface area contributed by atoms with Gasteiger partial charge in [0.15, 0.2) is 0 Å². The predicted molar refractivity (Wildman–Crippen MR) is 45.2 cm³/mol. The van der Waals surface area contributed by atoms with Crippen LogP contribution in [0.25, 0.3) is 0 Å². The molecule has 1 aromatic heterocycles. The standard InChI is InChI=1S/C6H6BrNOS/c7-6(9)5(8)4-1-2-10-3-4/h1-3,5H,8H2. The van der Waals surface area contributed by atoms with Crippen LogP contribution in [-0.2, 0) is 4.79 Å². The Kier molecular flexibility index (Phi) is 2.59. The molecule has 2 nitrogen and oxygen atoms in total. The van der Waals surface area contributed by atoms with Crippen LogP contribution in [0, 0.1) is 0 Å². The van der Waals surface area contributed by atoms with Gasteiger partial charge in [0.05, 0.1) is 0 Å². The zero-order valence-electron chi connectivity index (χ0n) is 5.08. The van der Waals surface area contributed by atoms with E-state index >= 15 is 0 Å². The Morgan fingerprint density at radius 2 is 2.50 bits per heavy atom. The number of rotatable bonds is 2. The molecule has 1 rings (SSSR count). The van der Waals surface area contributed by atoms with E-state index in [4.69, 9.17) is 5.73 Å². The maximum absolute atomic E-state index is 10.6. The molecule has 54 valence electrons. The molecule has 2 N–H and O–H groups in total. The molecular weight excluding hydrogens is 214 g/mol. The minimum absolute atomic E-state index is 0.175. The highest BCUT2D eigenvalue weighted by Crippen LogP contribution is 2.16. The second-order valence-electron chi connectivity index (χ2n) is 1.84. The van der Waals surface area contributed by atoms with Gasteiger partial charge in [0.25, 0.3) is 0 Å². The van der Waals surface area contributed by atoms with Gasteiger partial charge >= 0.3 is 0 Å². The number of carbonyl (C=O) groups excluding carboxylic acids is 1. The van der Waals surface area contributed by atoms with Gasteiger partial charge in [-0.1, -0.05) is 0 Å². The maximum Gasteiger partial charge on any atom is 0.218 e. The third kappa shape index (κ3) is 1.65. The zero-order chi connectivity index (χ0) is 7.56. The van der Waals surface area contributed by atoms with E-state index in [1.54, 1.807) is 0 Å². The first kappa shape index (κ1) is 7.91. The van der Waals surface area contributed by atoms with E-state index in [1.807, 2.05) is 16.8 Å². The molecule has 0 fully saturated rings. The summed E-state index contributed by atoms with van der Waals surface area (Å²) in [4.78, 5) is 10.6. The number of hydrogen-bond acceptors (Lipinski definition) is 3. The molecular formula is C6H6BrNOS. The molecule has 1 heterocycles. The summed E-state index contributed by atoms with van der Waals surface area (Å²) in [5.41, 5.74) is 6.36. The molecule has 0 aliphatic rings. The Hall–Kier alpha value is -0.190. The monoisotopic (exact) mass is 219 g/mol. The van der Waals surface area contributed by atoms with E-state index in [2.05, 4.69) is 15.9 Å². The number of hydrogen-bond donors (Lipinski definition) is 1. The molecule has 1 aromatic rings. The summed E-state index contributed by atoms with van der Waals surface area (Å²) < 4.78 is -0.175. The van der Waals surface area contributed by atoms with Crippen molar-refractivity contribution in [2.24, 2.45) is 5.73 Å². The van der Waals surface area contributed by atoms with Gasteiger partial charge in [-0.25, -0.2) is 0 Å². The highest BCUT2D eigenvalue weighted by atomic mass is 79.9. The summed E-state index contributed by atoms with van der Waals surface area (Å²) in [5, 5.41) is 3.76. The highest BCUT2D eigenvalue weighted by Gasteiger charge is 2.11. The average Bonchev–Trinajstić information content (AvgIpc) is 2.36. The lowest BCUT2D eigenvalue weighted by atomic mass is 10.2. The number of nitrogens with two attached hydrogens (primary N) is 1. The molecule has 0 aliphatic carbocycles. The lowest BCUT2D eigenvalue weighted by molar-refractivity contribution is -0.111. The number of halogens is 1. The minimum atomic E-state index is -0.508. The van der Waals surface area contributed by atoms with Crippen molar-refractivity contribution in [3.63, 3.8) is 0 Å². The third-order valence-corrected chi connectivity index (χ3v) is 2.34. The topological polar surface area (TPSA) is 43.1 Å². The van der Waals surface area contributed by atoms with E-state index in [0.29, 0.717) is 0 Å². The summed E-state index contributed by atoms with van der Waals surface area (Å²) in [6.07, 6.45) is 0. The van der Waals surface area contributed by atoms with E-state index < -0.39 is 6.04 Å². The van der Waals surface area contributed by atoms with E-state index in [-0.39, 0.29) is 4.69 Å². The van der Waals surface area contributed by atoms with Gasteiger partial charge in [0.2, 0.25) is 4.69 Å². The van der Waals surface area contributed by atoms with Crippen LogP contribution in [0.5, 0.6) is 0 Å². The largest absolute Gasteiger partial charge is 0.317 e. The molecule has 0 aliphatic heterocycles. The SMILES string of the molecule is NC(C(=O)Br)c1ccsc1. The Morgan fingerprint density at radius 1 is 1.80 bits per heavy atom. The van der Waals surface area contributed by atoms with Crippen LogP contribution in [0.4, 0.5) is 0 Å². The molecule has 4 heteroatoms. The van der Waals surface area contributed by atoms with Crippen molar-refractivity contribution >= 4 is 32.0 Å². The third-order valence-electron chi connectivity index (χ3n) is 1.15. The van der Waals surface area contributed by atoms with Crippen molar-refractivity contribution in [3.8, 4) is 0 Å². The fourth-order valence-electron chi connectivity index (χ4n) is 0.583. The molecule has 0 saturated heterocycles. The van der Waals surface area contributed by atoms with Crippen LogP contribution in [0.15, 0.2) is 16.8 Å². The lowest BCUT2D eigenvalue weighted by Crippen LogP contribution is -2.15. The Labute approximate surface area is 71.2 Å². The van der Waals surface area contributed by atoms with Gasteiger partial charge in [0.1, 0.15) is 6.04 Å². The Morgan fingerprint density at radius 3 is 2.90 bits per heavy atom. The van der Waals surface area contributed by atoms with Crippen LogP contribution < -0.4 is 5.73 Å². The van der Waals surface area contributed by atoms with E-state index in [0.717, 1.165) is 5.56 Å². The average molecular weight is 220 g/mol. The second kappa shape index (κ2) is 3.27.